The number of benzene rings is 2. The van der Waals surface area contributed by atoms with Gasteiger partial charge < -0.3 is 15.4 Å². The van der Waals surface area contributed by atoms with Gasteiger partial charge in [-0.25, -0.2) is 9.37 Å². The second-order valence-electron chi connectivity index (χ2n) is 5.96. The Bertz CT molecular complexity index is 936. The smallest absolute Gasteiger partial charge is 0.229 e. The van der Waals surface area contributed by atoms with Crippen LogP contribution in [0.3, 0.4) is 0 Å². The van der Waals surface area contributed by atoms with Gasteiger partial charge in [0.15, 0.2) is 0 Å². The van der Waals surface area contributed by atoms with Crippen LogP contribution in [0, 0.1) is 12.7 Å². The largest absolute Gasteiger partial charge is 0.495 e. The lowest BCUT2D eigenvalue weighted by Crippen LogP contribution is -2.08. The van der Waals surface area contributed by atoms with Gasteiger partial charge in [0, 0.05) is 23.8 Å². The van der Waals surface area contributed by atoms with E-state index in [1.54, 1.807) is 37.6 Å². The Balaban J connectivity index is 1.67. The lowest BCUT2D eigenvalue weighted by Gasteiger charge is -2.13. The highest BCUT2D eigenvalue weighted by molar-refractivity contribution is 6.31. The van der Waals surface area contributed by atoms with Crippen LogP contribution in [0.25, 0.3) is 0 Å². The molecule has 2 aromatic carbocycles. The number of halogens is 2. The lowest BCUT2D eigenvalue weighted by atomic mass is 10.1. The van der Waals surface area contributed by atoms with E-state index in [2.05, 4.69) is 20.6 Å². The van der Waals surface area contributed by atoms with Crippen molar-refractivity contribution in [1.29, 1.82) is 0 Å². The Hall–Kier alpha value is -2.86. The normalized spacial score (nSPS) is 10.5. The van der Waals surface area contributed by atoms with Crippen molar-refractivity contribution in [3.05, 3.63) is 70.6 Å². The number of aromatic nitrogens is 2. The van der Waals surface area contributed by atoms with Gasteiger partial charge in [-0.15, -0.1) is 0 Å². The molecule has 5 nitrogen and oxygen atoms in total. The Morgan fingerprint density at radius 2 is 2.00 bits per heavy atom. The molecule has 0 aliphatic heterocycles. The summed E-state index contributed by atoms with van der Waals surface area (Å²) in [5, 5.41) is 6.96. The molecule has 140 valence electrons. The predicted octanol–water partition coefficient (Wildman–Crippen LogP) is 4.98. The summed E-state index contributed by atoms with van der Waals surface area (Å²) >= 11 is 6.14. The van der Waals surface area contributed by atoms with E-state index in [-0.39, 0.29) is 5.82 Å². The molecule has 3 rings (SSSR count). The first-order valence-electron chi connectivity index (χ1n) is 8.48. The Morgan fingerprint density at radius 3 is 2.78 bits per heavy atom. The van der Waals surface area contributed by atoms with Crippen LogP contribution in [-0.4, -0.2) is 23.6 Å². The first kappa shape index (κ1) is 18.9. The molecule has 0 bridgehead atoms. The minimum absolute atomic E-state index is 0.199. The van der Waals surface area contributed by atoms with Crippen molar-refractivity contribution in [2.24, 2.45) is 0 Å². The highest BCUT2D eigenvalue weighted by atomic mass is 35.5. The fraction of sp³-hybridized carbons (Fsp3) is 0.200. The predicted molar refractivity (Wildman–Crippen MR) is 107 cm³/mol. The van der Waals surface area contributed by atoms with Crippen molar-refractivity contribution in [3.8, 4) is 5.75 Å². The summed E-state index contributed by atoms with van der Waals surface area (Å²) in [7, 11) is 1.58. The van der Waals surface area contributed by atoms with Crippen molar-refractivity contribution < 1.29 is 9.13 Å². The fourth-order valence-corrected chi connectivity index (χ4v) is 2.75. The molecule has 1 heterocycles. The van der Waals surface area contributed by atoms with E-state index in [1.807, 2.05) is 19.1 Å². The molecule has 0 fully saturated rings. The number of rotatable bonds is 7. The number of nitrogens with zero attached hydrogens (tertiary/aromatic N) is 2. The second kappa shape index (κ2) is 8.68. The zero-order valence-corrected chi connectivity index (χ0v) is 15.8. The topological polar surface area (TPSA) is 59.1 Å². The van der Waals surface area contributed by atoms with Gasteiger partial charge in [-0.2, -0.15) is 4.98 Å². The molecule has 0 aliphatic carbocycles. The van der Waals surface area contributed by atoms with E-state index in [4.69, 9.17) is 16.3 Å². The number of hydrogen-bond acceptors (Lipinski definition) is 5. The molecule has 3 aromatic rings. The molecule has 0 aliphatic rings. The van der Waals surface area contributed by atoms with Crippen LogP contribution >= 0.6 is 11.6 Å². The summed E-state index contributed by atoms with van der Waals surface area (Å²) in [6, 6.07) is 12.1. The first-order valence-corrected chi connectivity index (χ1v) is 8.86. The molecule has 0 saturated carbocycles. The number of methoxy groups -OCH3 is 1. The van der Waals surface area contributed by atoms with Crippen LogP contribution < -0.4 is 15.4 Å². The van der Waals surface area contributed by atoms with Crippen LogP contribution in [-0.2, 0) is 6.42 Å². The van der Waals surface area contributed by atoms with Crippen molar-refractivity contribution in [1.82, 2.24) is 9.97 Å². The highest BCUT2D eigenvalue weighted by Crippen LogP contribution is 2.32. The van der Waals surface area contributed by atoms with Crippen LogP contribution in [0.1, 0.15) is 11.1 Å². The van der Waals surface area contributed by atoms with Gasteiger partial charge in [-0.3, -0.25) is 0 Å². The molecule has 7 heteroatoms. The highest BCUT2D eigenvalue weighted by Gasteiger charge is 2.09. The second-order valence-corrected chi connectivity index (χ2v) is 6.37. The minimum atomic E-state index is -0.199. The van der Waals surface area contributed by atoms with Gasteiger partial charge in [-0.1, -0.05) is 29.8 Å². The SMILES string of the molecule is COc1cc(Cl)c(C)cc1Nc1nccc(NCCc2ccccc2F)n1. The van der Waals surface area contributed by atoms with Crippen LogP contribution in [0.2, 0.25) is 5.02 Å². The molecule has 27 heavy (non-hydrogen) atoms. The van der Waals surface area contributed by atoms with E-state index in [0.717, 1.165) is 11.3 Å². The van der Waals surface area contributed by atoms with E-state index in [9.17, 15) is 4.39 Å². The number of aryl methyl sites for hydroxylation is 1. The zero-order chi connectivity index (χ0) is 19.2. The van der Waals surface area contributed by atoms with Crippen molar-refractivity contribution in [3.63, 3.8) is 0 Å². The summed E-state index contributed by atoms with van der Waals surface area (Å²) < 4.78 is 19.0. The van der Waals surface area contributed by atoms with Crippen LogP contribution in [0.4, 0.5) is 21.8 Å². The molecule has 1 aromatic heterocycles. The van der Waals surface area contributed by atoms with E-state index in [1.165, 1.54) is 6.07 Å². The Morgan fingerprint density at radius 1 is 1.19 bits per heavy atom. The molecular weight excluding hydrogens is 367 g/mol. The summed E-state index contributed by atoms with van der Waals surface area (Å²) in [6.07, 6.45) is 2.21. The number of nitrogens with one attached hydrogen (secondary N) is 2. The third-order valence-electron chi connectivity index (χ3n) is 4.04. The molecule has 0 amide bonds. The molecule has 0 radical (unpaired) electrons. The van der Waals surface area contributed by atoms with Gasteiger partial charge in [0.1, 0.15) is 17.4 Å². The summed E-state index contributed by atoms with van der Waals surface area (Å²) in [4.78, 5) is 8.67. The molecule has 0 spiro atoms. The minimum Gasteiger partial charge on any atom is -0.495 e. The zero-order valence-electron chi connectivity index (χ0n) is 15.1. The van der Waals surface area contributed by atoms with Gasteiger partial charge in [0.05, 0.1) is 12.8 Å². The van der Waals surface area contributed by atoms with E-state index < -0.39 is 0 Å². The van der Waals surface area contributed by atoms with Gasteiger partial charge >= 0.3 is 0 Å². The van der Waals surface area contributed by atoms with Crippen molar-refractivity contribution in [2.75, 3.05) is 24.3 Å². The van der Waals surface area contributed by atoms with E-state index >= 15 is 0 Å². The van der Waals surface area contributed by atoms with Crippen LogP contribution in [0.15, 0.2) is 48.7 Å². The third-order valence-corrected chi connectivity index (χ3v) is 4.45. The summed E-state index contributed by atoms with van der Waals surface area (Å²) in [5.41, 5.74) is 2.31. The standard InChI is InChI=1S/C20H20ClFN4O/c1-13-11-17(18(27-2)12-15(13)21)25-20-24-10-8-19(26-20)23-9-7-14-5-3-4-6-16(14)22/h3-6,8,10-12H,7,9H2,1-2H3,(H2,23,24,25,26). The van der Waals surface area contributed by atoms with Gasteiger partial charge in [0.25, 0.3) is 0 Å². The average Bonchev–Trinajstić information content (AvgIpc) is 2.66. The Labute approximate surface area is 162 Å². The van der Waals surface area contributed by atoms with Crippen LogP contribution in [0.5, 0.6) is 5.75 Å². The molecule has 0 unspecified atom stereocenters. The van der Waals surface area contributed by atoms with Gasteiger partial charge in [0.2, 0.25) is 5.95 Å². The van der Waals surface area contributed by atoms with E-state index in [0.29, 0.717) is 41.1 Å². The quantitative estimate of drug-likeness (QED) is 0.599. The molecule has 0 saturated heterocycles. The van der Waals surface area contributed by atoms with Crippen molar-refractivity contribution in [2.45, 2.75) is 13.3 Å². The maximum atomic E-state index is 13.7. The fourth-order valence-electron chi connectivity index (χ4n) is 2.59. The van der Waals surface area contributed by atoms with Crippen molar-refractivity contribution >= 4 is 29.1 Å². The number of ether oxygens (including phenoxy) is 1. The maximum absolute atomic E-state index is 13.7. The lowest BCUT2D eigenvalue weighted by molar-refractivity contribution is 0.416. The number of hydrogen-bond donors (Lipinski definition) is 2. The summed E-state index contributed by atoms with van der Waals surface area (Å²) in [5.74, 6) is 1.47. The molecule has 0 atom stereocenters. The maximum Gasteiger partial charge on any atom is 0.229 e. The third kappa shape index (κ3) is 4.86. The number of anilines is 3. The first-order chi connectivity index (χ1) is 13.1. The summed E-state index contributed by atoms with van der Waals surface area (Å²) in [6.45, 7) is 2.47. The molecular formula is C20H20ClFN4O. The monoisotopic (exact) mass is 386 g/mol. The average molecular weight is 387 g/mol. The van der Waals surface area contributed by atoms with Gasteiger partial charge in [-0.05, 0) is 42.7 Å². The molecule has 2 N–H and O–H groups in total. The Kier molecular flexibility index (Phi) is 6.08.